The summed E-state index contributed by atoms with van der Waals surface area (Å²) in [5, 5.41) is 40.9. The molecule has 12 heteroatoms. The molecule has 5 N–H and O–H groups in total. The lowest BCUT2D eigenvalue weighted by Gasteiger charge is -2.40. The van der Waals surface area contributed by atoms with Gasteiger partial charge in [-0.1, -0.05) is 12.1 Å². The third kappa shape index (κ3) is 4.95. The molecular weight excluding hydrogens is 361 g/mol. The topological polar surface area (TPSA) is 180 Å². The fraction of sp³-hybridized carbons (Fsp3) is 0.538. The van der Waals surface area contributed by atoms with Gasteiger partial charge >= 0.3 is 13.5 Å². The smallest absolute Gasteiger partial charge is 0.469 e. The lowest BCUT2D eigenvalue weighted by Crippen LogP contribution is -2.56. The zero-order chi connectivity index (χ0) is 18.8. The van der Waals surface area contributed by atoms with Gasteiger partial charge < -0.3 is 29.8 Å². The summed E-state index contributed by atoms with van der Waals surface area (Å²) in [5.41, 5.74) is -0.349. The van der Waals surface area contributed by atoms with Gasteiger partial charge in [-0.05, 0) is 12.5 Å². The Bertz CT molecular complexity index is 664. The zero-order valence-electron chi connectivity index (χ0n) is 12.8. The fourth-order valence-electron chi connectivity index (χ4n) is 2.63. The number of phosphoric ester groups is 1. The van der Waals surface area contributed by atoms with Gasteiger partial charge in [0.25, 0.3) is 0 Å². The second-order valence-corrected chi connectivity index (χ2v) is 6.87. The number of aliphatic hydroxyl groups excluding tert-OH is 3. The number of hydrogen-bond donors (Lipinski definition) is 5. The quantitative estimate of drug-likeness (QED) is 0.247. The molecule has 2 rings (SSSR count). The fourth-order valence-corrected chi connectivity index (χ4v) is 3.01. The summed E-state index contributed by atoms with van der Waals surface area (Å²) in [6, 6.07) is 5.42. The molecule has 0 bridgehead atoms. The van der Waals surface area contributed by atoms with E-state index in [0.29, 0.717) is 0 Å². The van der Waals surface area contributed by atoms with E-state index >= 15 is 0 Å². The third-order valence-electron chi connectivity index (χ3n) is 3.90. The number of phosphoric acid groups is 1. The number of ether oxygens (including phenoxy) is 1. The minimum Gasteiger partial charge on any atom is -0.481 e. The minimum atomic E-state index is -4.79. The van der Waals surface area contributed by atoms with Crippen LogP contribution >= 0.6 is 7.82 Å². The molecule has 0 amide bonds. The van der Waals surface area contributed by atoms with Gasteiger partial charge in [0.2, 0.25) is 0 Å². The van der Waals surface area contributed by atoms with Crippen molar-refractivity contribution in [2.24, 2.45) is 5.92 Å². The van der Waals surface area contributed by atoms with Crippen molar-refractivity contribution in [1.82, 2.24) is 0 Å². The summed E-state index contributed by atoms with van der Waals surface area (Å²) < 4.78 is 20.6. The molecule has 1 aromatic rings. The minimum absolute atomic E-state index is 0.144. The molecule has 1 aromatic carbocycles. The number of rotatable bonds is 6. The van der Waals surface area contributed by atoms with Crippen LogP contribution in [0.1, 0.15) is 6.42 Å². The normalized spacial score (nSPS) is 30.0. The molecular formula is C13H18NO10P. The number of benzene rings is 1. The van der Waals surface area contributed by atoms with Gasteiger partial charge in [-0.25, -0.2) is 4.57 Å². The van der Waals surface area contributed by atoms with Crippen molar-refractivity contribution in [2.75, 3.05) is 6.61 Å². The summed E-state index contributed by atoms with van der Waals surface area (Å²) in [6.07, 6.45) is -6.03. The average Bonchev–Trinajstić information content (AvgIpc) is 2.53. The lowest BCUT2D eigenvalue weighted by atomic mass is 9.81. The first-order chi connectivity index (χ1) is 11.6. The molecule has 1 fully saturated rings. The zero-order valence-corrected chi connectivity index (χ0v) is 13.7. The van der Waals surface area contributed by atoms with Crippen LogP contribution in [0.4, 0.5) is 5.69 Å². The summed E-state index contributed by atoms with van der Waals surface area (Å²) in [5.74, 6) is -1.10. The van der Waals surface area contributed by atoms with Crippen LogP contribution in [0.3, 0.4) is 0 Å². The van der Waals surface area contributed by atoms with Crippen LogP contribution in [0.2, 0.25) is 0 Å². The maximum Gasteiger partial charge on any atom is 0.469 e. The number of nitro groups is 1. The molecule has 0 saturated heterocycles. The van der Waals surface area contributed by atoms with E-state index in [4.69, 9.17) is 14.5 Å². The molecule has 140 valence electrons. The highest BCUT2D eigenvalue weighted by Crippen LogP contribution is 2.39. The van der Waals surface area contributed by atoms with Gasteiger partial charge in [0, 0.05) is 12.0 Å². The van der Waals surface area contributed by atoms with Crippen LogP contribution in [0.25, 0.3) is 0 Å². The Balaban J connectivity index is 2.16. The summed E-state index contributed by atoms with van der Waals surface area (Å²) in [4.78, 5) is 27.8. The van der Waals surface area contributed by atoms with Gasteiger partial charge in [0.05, 0.1) is 17.6 Å². The standard InChI is InChI=1S/C13H18NO10P/c15-11-7(6-23-25(20,21)22)5-10(12(16)13(11)17)24-9-4-2-1-3-8(9)14(18)19/h1-4,7,10-13,15-17H,5-6H2,(H2,20,21,22). The Morgan fingerprint density at radius 2 is 1.80 bits per heavy atom. The molecule has 0 aliphatic heterocycles. The van der Waals surface area contributed by atoms with Gasteiger partial charge in [-0.2, -0.15) is 0 Å². The maximum absolute atomic E-state index is 11.0. The molecule has 0 aromatic heterocycles. The van der Waals surface area contributed by atoms with Crippen LogP contribution in [0.5, 0.6) is 5.75 Å². The number of para-hydroxylation sites is 2. The van der Waals surface area contributed by atoms with Gasteiger partial charge in [-0.15, -0.1) is 0 Å². The molecule has 0 radical (unpaired) electrons. The van der Waals surface area contributed by atoms with E-state index in [1.54, 1.807) is 0 Å². The predicted molar refractivity (Wildman–Crippen MR) is 81.6 cm³/mol. The maximum atomic E-state index is 11.0. The van der Waals surface area contributed by atoms with Crippen molar-refractivity contribution in [3.05, 3.63) is 34.4 Å². The van der Waals surface area contributed by atoms with E-state index in [2.05, 4.69) is 4.52 Å². The van der Waals surface area contributed by atoms with E-state index in [0.717, 1.165) is 0 Å². The second kappa shape index (κ2) is 7.75. The molecule has 5 unspecified atom stereocenters. The Morgan fingerprint density at radius 1 is 1.16 bits per heavy atom. The van der Waals surface area contributed by atoms with Crippen LogP contribution < -0.4 is 4.74 Å². The van der Waals surface area contributed by atoms with Crippen LogP contribution in [-0.2, 0) is 9.09 Å². The van der Waals surface area contributed by atoms with E-state index < -0.39 is 49.7 Å². The molecule has 0 spiro atoms. The first kappa shape index (κ1) is 19.7. The summed E-state index contributed by atoms with van der Waals surface area (Å²) in [7, 11) is -4.79. The highest BCUT2D eigenvalue weighted by Gasteiger charge is 2.45. The predicted octanol–water partition coefficient (Wildman–Crippen LogP) is -0.446. The molecule has 1 aliphatic rings. The summed E-state index contributed by atoms with van der Waals surface area (Å²) in [6.45, 7) is -0.591. The highest BCUT2D eigenvalue weighted by atomic mass is 31.2. The largest absolute Gasteiger partial charge is 0.481 e. The van der Waals surface area contributed by atoms with Crippen molar-refractivity contribution >= 4 is 13.5 Å². The first-order valence-electron chi connectivity index (χ1n) is 7.24. The third-order valence-corrected chi connectivity index (χ3v) is 4.38. The second-order valence-electron chi connectivity index (χ2n) is 5.64. The van der Waals surface area contributed by atoms with Crippen molar-refractivity contribution < 1.29 is 43.9 Å². The molecule has 0 heterocycles. The van der Waals surface area contributed by atoms with Crippen LogP contribution in [0.15, 0.2) is 24.3 Å². The average molecular weight is 379 g/mol. The van der Waals surface area contributed by atoms with E-state index in [9.17, 15) is 30.0 Å². The van der Waals surface area contributed by atoms with Crippen LogP contribution in [0, 0.1) is 16.0 Å². The van der Waals surface area contributed by atoms with E-state index in [-0.39, 0.29) is 17.9 Å². The SMILES string of the molecule is O=[N+]([O-])c1ccccc1OC1CC(COP(=O)(O)O)C(O)C(O)C1O. The Morgan fingerprint density at radius 3 is 2.40 bits per heavy atom. The van der Waals surface area contributed by atoms with Crippen molar-refractivity contribution in [2.45, 2.75) is 30.8 Å². The number of hydrogen-bond acceptors (Lipinski definition) is 8. The van der Waals surface area contributed by atoms with Crippen molar-refractivity contribution in [1.29, 1.82) is 0 Å². The van der Waals surface area contributed by atoms with Gasteiger partial charge in [-0.3, -0.25) is 14.6 Å². The summed E-state index contributed by atoms with van der Waals surface area (Å²) >= 11 is 0. The van der Waals surface area contributed by atoms with Crippen molar-refractivity contribution in [3.63, 3.8) is 0 Å². The number of nitrogens with zero attached hydrogens (tertiary/aromatic N) is 1. The lowest BCUT2D eigenvalue weighted by molar-refractivity contribution is -0.386. The number of nitro benzene ring substituents is 1. The van der Waals surface area contributed by atoms with Gasteiger partial charge in [0.15, 0.2) is 5.75 Å². The van der Waals surface area contributed by atoms with E-state index in [1.165, 1.54) is 24.3 Å². The monoisotopic (exact) mass is 379 g/mol. The molecule has 11 nitrogen and oxygen atoms in total. The molecule has 1 saturated carbocycles. The van der Waals surface area contributed by atoms with E-state index in [1.807, 2.05) is 0 Å². The highest BCUT2D eigenvalue weighted by molar-refractivity contribution is 7.46. The van der Waals surface area contributed by atoms with Crippen molar-refractivity contribution in [3.8, 4) is 5.75 Å². The number of aliphatic hydroxyl groups is 3. The molecule has 25 heavy (non-hydrogen) atoms. The van der Waals surface area contributed by atoms with Crippen LogP contribution in [-0.4, -0.2) is 61.1 Å². The Hall–Kier alpha value is -1.59. The molecule has 5 atom stereocenters. The van der Waals surface area contributed by atoms with Gasteiger partial charge in [0.1, 0.15) is 18.3 Å². The Labute approximate surface area is 141 Å². The molecule has 1 aliphatic carbocycles. The Kier molecular flexibility index (Phi) is 6.12. The first-order valence-corrected chi connectivity index (χ1v) is 8.77.